The topological polar surface area (TPSA) is 61.4 Å². The Balaban J connectivity index is 0.00000133. The van der Waals surface area contributed by atoms with E-state index in [0.717, 1.165) is 27.8 Å². The molecule has 0 fully saturated rings. The van der Waals surface area contributed by atoms with Gasteiger partial charge in [0.2, 0.25) is 0 Å². The minimum atomic E-state index is -0.575. The molecule has 3 N–H and O–H groups in total. The number of hydrogen-bond acceptors (Lipinski definition) is 3. The molecule has 182 valence electrons. The summed E-state index contributed by atoms with van der Waals surface area (Å²) in [5.41, 5.74) is 8.89. The smallest absolute Gasteiger partial charge is 0.277 e. The Morgan fingerprint density at radius 1 is 1.00 bits per heavy atom. The molecule has 0 radical (unpaired) electrons. The largest absolute Gasteiger partial charge is 0.387 e. The number of carbonyl (C=O) groups excluding carboxylic acids is 1. The maximum absolute atomic E-state index is 12.5. The van der Waals surface area contributed by atoms with Crippen molar-refractivity contribution in [2.75, 3.05) is 7.05 Å². The molecule has 0 unspecified atom stereocenters. The molecule has 0 heterocycles. The number of amides is 1. The second kappa shape index (κ2) is 15.5. The first kappa shape index (κ1) is 28.7. The predicted molar refractivity (Wildman–Crippen MR) is 145 cm³/mol. The maximum atomic E-state index is 12.5. The highest BCUT2D eigenvalue weighted by atomic mass is 16.5. The summed E-state index contributed by atoms with van der Waals surface area (Å²) in [6, 6.07) is 16.6. The predicted octanol–water partition coefficient (Wildman–Crippen LogP) is 7.37. The van der Waals surface area contributed by atoms with Gasteiger partial charge in [-0.25, -0.2) is 5.48 Å². The molecule has 4 heteroatoms. The molecule has 0 saturated carbocycles. The van der Waals surface area contributed by atoms with Crippen LogP contribution in [0.15, 0.2) is 90.2 Å². The fourth-order valence-electron chi connectivity index (χ4n) is 3.31. The van der Waals surface area contributed by atoms with E-state index in [9.17, 15) is 10.0 Å². The molecule has 2 rings (SSSR count). The zero-order valence-electron chi connectivity index (χ0n) is 21.5. The first-order chi connectivity index (χ1) is 16.4. The molecule has 0 bridgehead atoms. The van der Waals surface area contributed by atoms with Crippen molar-refractivity contribution < 1.29 is 10.0 Å². The van der Waals surface area contributed by atoms with E-state index in [1.54, 1.807) is 18.6 Å². The maximum Gasteiger partial charge on any atom is 0.277 e. The van der Waals surface area contributed by atoms with Crippen molar-refractivity contribution >= 4 is 11.5 Å². The second-order valence-corrected chi connectivity index (χ2v) is 8.01. The van der Waals surface area contributed by atoms with E-state index >= 15 is 0 Å². The third-order valence-electron chi connectivity index (χ3n) is 5.55. The lowest BCUT2D eigenvalue weighted by molar-refractivity contribution is -0.125. The quantitative estimate of drug-likeness (QED) is 0.120. The van der Waals surface area contributed by atoms with Crippen LogP contribution >= 0.6 is 0 Å². The van der Waals surface area contributed by atoms with Crippen LogP contribution in [0.1, 0.15) is 58.1 Å². The fraction of sp³-hybridized carbons (Fsp3) is 0.300. The number of aryl methyl sites for hydroxylation is 1. The molecule has 0 aliphatic rings. The van der Waals surface area contributed by atoms with Crippen LogP contribution < -0.4 is 10.8 Å². The van der Waals surface area contributed by atoms with Crippen LogP contribution in [0.2, 0.25) is 0 Å². The van der Waals surface area contributed by atoms with Crippen LogP contribution in [-0.2, 0) is 4.79 Å². The minimum Gasteiger partial charge on any atom is -0.387 e. The Kier molecular flexibility index (Phi) is 13.0. The number of carbonyl (C=O) groups is 1. The molecule has 0 atom stereocenters. The summed E-state index contributed by atoms with van der Waals surface area (Å²) < 4.78 is 0. The van der Waals surface area contributed by atoms with Crippen molar-refractivity contribution in [3.8, 4) is 11.1 Å². The average Bonchev–Trinajstić information content (AvgIpc) is 2.88. The Labute approximate surface area is 205 Å². The van der Waals surface area contributed by atoms with Gasteiger partial charge < -0.3 is 5.32 Å². The minimum absolute atomic E-state index is 0.369. The van der Waals surface area contributed by atoms with Crippen LogP contribution in [0, 0.1) is 6.92 Å². The highest BCUT2D eigenvalue weighted by molar-refractivity contribution is 6.00. The highest BCUT2D eigenvalue weighted by Crippen LogP contribution is 2.28. The number of unbranched alkanes of at least 4 members (excludes halogenated alkanes) is 1. The van der Waals surface area contributed by atoms with Gasteiger partial charge >= 0.3 is 0 Å². The van der Waals surface area contributed by atoms with Crippen LogP contribution in [-0.4, -0.2) is 18.2 Å². The van der Waals surface area contributed by atoms with E-state index in [-0.39, 0.29) is 0 Å². The summed E-state index contributed by atoms with van der Waals surface area (Å²) in [4.78, 5) is 12.5. The van der Waals surface area contributed by atoms with Crippen LogP contribution in [0.4, 0.5) is 0 Å². The lowest BCUT2D eigenvalue weighted by atomic mass is 9.94. The number of benzene rings is 2. The zero-order valence-corrected chi connectivity index (χ0v) is 21.5. The lowest BCUT2D eigenvalue weighted by Gasteiger charge is -2.18. The summed E-state index contributed by atoms with van der Waals surface area (Å²) in [5, 5.41) is 12.5. The van der Waals surface area contributed by atoms with Gasteiger partial charge in [0.15, 0.2) is 0 Å². The molecule has 0 aliphatic heterocycles. The van der Waals surface area contributed by atoms with Crippen molar-refractivity contribution in [3.05, 3.63) is 101 Å². The van der Waals surface area contributed by atoms with Crippen molar-refractivity contribution in [1.29, 1.82) is 0 Å². The zero-order chi connectivity index (χ0) is 25.5. The lowest BCUT2D eigenvalue weighted by Crippen LogP contribution is -2.27. The molecule has 4 nitrogen and oxygen atoms in total. The van der Waals surface area contributed by atoms with Gasteiger partial charge in [0.05, 0.1) is 11.3 Å². The number of hydroxylamine groups is 1. The van der Waals surface area contributed by atoms with Gasteiger partial charge in [-0.15, -0.1) is 0 Å². The normalized spacial score (nSPS) is 12.2. The highest BCUT2D eigenvalue weighted by Gasteiger charge is 2.20. The molecular formula is C30H40N2O2. The van der Waals surface area contributed by atoms with Crippen LogP contribution in [0.25, 0.3) is 16.7 Å². The van der Waals surface area contributed by atoms with E-state index in [4.69, 9.17) is 0 Å². The van der Waals surface area contributed by atoms with E-state index < -0.39 is 5.91 Å². The molecule has 2 aromatic rings. The van der Waals surface area contributed by atoms with Crippen molar-refractivity contribution in [1.82, 2.24) is 10.8 Å². The molecule has 2 aromatic carbocycles. The average molecular weight is 461 g/mol. The summed E-state index contributed by atoms with van der Waals surface area (Å²) >= 11 is 0. The first-order valence-electron chi connectivity index (χ1n) is 11.9. The molecule has 34 heavy (non-hydrogen) atoms. The van der Waals surface area contributed by atoms with Gasteiger partial charge in [0.1, 0.15) is 0 Å². The van der Waals surface area contributed by atoms with Crippen molar-refractivity contribution in [2.45, 2.75) is 53.9 Å². The number of likely N-dealkylation sites (N-methyl/N-ethyl adjacent to an activating group) is 1. The Hall–Kier alpha value is -3.37. The van der Waals surface area contributed by atoms with E-state index in [0.29, 0.717) is 17.7 Å². The number of allylic oxidation sites excluding steroid dienone is 5. The summed E-state index contributed by atoms with van der Waals surface area (Å²) in [7, 11) is 1.76. The monoisotopic (exact) mass is 460 g/mol. The second-order valence-electron chi connectivity index (χ2n) is 8.01. The van der Waals surface area contributed by atoms with Gasteiger partial charge in [0, 0.05) is 7.05 Å². The standard InChI is InChI=1S/C26H30N2O2.C4H10/c1-6-8-9-20(7-2)24(26(29)28-30)25(27-5)19(4)21-14-16-23(17-15-21)22-12-10-18(3)11-13-22;1-3-4-2/h6-8,10-17,27,30H,2,9H2,1,3-5H3,(H,28,29);3-4H2,1-2H3/b8-6-,24-20+,25-19-;. The van der Waals surface area contributed by atoms with Crippen LogP contribution in [0.5, 0.6) is 0 Å². The summed E-state index contributed by atoms with van der Waals surface area (Å²) in [6.07, 6.45) is 8.68. The summed E-state index contributed by atoms with van der Waals surface area (Å²) in [6.45, 7) is 14.2. The Morgan fingerprint density at radius 3 is 1.94 bits per heavy atom. The Morgan fingerprint density at radius 2 is 1.53 bits per heavy atom. The molecule has 0 aliphatic carbocycles. The van der Waals surface area contributed by atoms with Gasteiger partial charge in [-0.05, 0) is 55.0 Å². The molecule has 0 aromatic heterocycles. The van der Waals surface area contributed by atoms with Crippen LogP contribution in [0.3, 0.4) is 0 Å². The van der Waals surface area contributed by atoms with Crippen molar-refractivity contribution in [2.24, 2.45) is 0 Å². The molecule has 0 spiro atoms. The SMILES string of the molecule is C=C/C(C/C=C\C)=C(C(=O)NO)/C(NC)=C(\C)c1ccc(-c2ccc(C)cc2)cc1.CCCC. The van der Waals surface area contributed by atoms with Gasteiger partial charge in [0.25, 0.3) is 5.91 Å². The van der Waals surface area contributed by atoms with E-state index in [2.05, 4.69) is 69.1 Å². The van der Waals surface area contributed by atoms with Gasteiger partial charge in [-0.1, -0.05) is 106 Å². The van der Waals surface area contributed by atoms with E-state index in [1.807, 2.05) is 38.1 Å². The third-order valence-corrected chi connectivity index (χ3v) is 5.55. The van der Waals surface area contributed by atoms with Crippen molar-refractivity contribution in [3.63, 3.8) is 0 Å². The number of hydrogen-bond donors (Lipinski definition) is 3. The fourth-order valence-corrected chi connectivity index (χ4v) is 3.31. The number of nitrogens with one attached hydrogen (secondary N) is 2. The Bertz CT molecular complexity index is 1010. The summed E-state index contributed by atoms with van der Waals surface area (Å²) in [5.74, 6) is -0.575. The van der Waals surface area contributed by atoms with E-state index in [1.165, 1.54) is 18.4 Å². The molecular weight excluding hydrogens is 420 g/mol. The first-order valence-corrected chi connectivity index (χ1v) is 11.9. The number of rotatable bonds is 9. The molecule has 1 amide bonds. The third kappa shape index (κ3) is 8.20. The van der Waals surface area contributed by atoms with Gasteiger partial charge in [-0.2, -0.15) is 0 Å². The molecule has 0 saturated heterocycles. The van der Waals surface area contributed by atoms with Gasteiger partial charge in [-0.3, -0.25) is 10.0 Å².